The van der Waals surface area contributed by atoms with Gasteiger partial charge in [-0.05, 0) is 59.7 Å². The minimum atomic E-state index is -1.72. The lowest BCUT2D eigenvalue weighted by molar-refractivity contribution is -0.277. The molecule has 0 amide bonds. The van der Waals surface area contributed by atoms with Crippen LogP contribution in [0.25, 0.3) is 12.2 Å². The maximum Gasteiger partial charge on any atom is 0.229 e. The van der Waals surface area contributed by atoms with Gasteiger partial charge in [0.1, 0.15) is 71.8 Å². The van der Waals surface area contributed by atoms with Crippen molar-refractivity contribution in [1.29, 1.82) is 0 Å². The molecule has 310 valence electrons. The molecule has 0 aliphatic carbocycles. The highest BCUT2D eigenvalue weighted by molar-refractivity contribution is 5.72. The van der Waals surface area contributed by atoms with Crippen molar-refractivity contribution in [2.75, 3.05) is 13.2 Å². The highest BCUT2D eigenvalue weighted by atomic mass is 16.7. The number of aromatic hydroxyl groups is 4. The van der Waals surface area contributed by atoms with Crippen LogP contribution in [-0.2, 0) is 9.47 Å². The third-order valence-corrected chi connectivity index (χ3v) is 9.90. The maximum atomic E-state index is 10.7. The molecule has 4 aromatic carbocycles. The summed E-state index contributed by atoms with van der Waals surface area (Å²) >= 11 is 0. The van der Waals surface area contributed by atoms with E-state index in [2.05, 4.69) is 0 Å². The second kappa shape index (κ2) is 16.8. The molecule has 4 aromatic rings. The summed E-state index contributed by atoms with van der Waals surface area (Å²) < 4.78 is 35.2. The molecule has 7 rings (SSSR count). The second-order valence-corrected chi connectivity index (χ2v) is 14.0. The van der Waals surface area contributed by atoms with Gasteiger partial charge in [0.15, 0.2) is 35.2 Å². The Balaban J connectivity index is 1.14. The van der Waals surface area contributed by atoms with Crippen LogP contribution in [0.1, 0.15) is 34.5 Å². The summed E-state index contributed by atoms with van der Waals surface area (Å²) in [4.78, 5) is 0. The molecule has 0 radical (unpaired) electrons. The molecule has 58 heavy (non-hydrogen) atoms. The fourth-order valence-electron chi connectivity index (χ4n) is 6.82. The number of hydrogen-bond donors (Lipinski definition) is 12. The Hall–Kier alpha value is -5.38. The van der Waals surface area contributed by atoms with Crippen molar-refractivity contribution in [1.82, 2.24) is 0 Å². The van der Waals surface area contributed by atoms with Gasteiger partial charge in [0, 0.05) is 23.3 Å². The fourth-order valence-corrected chi connectivity index (χ4v) is 6.82. The van der Waals surface area contributed by atoms with Gasteiger partial charge in [0.25, 0.3) is 0 Å². The highest BCUT2D eigenvalue weighted by Gasteiger charge is 2.46. The number of hydrogen-bond acceptors (Lipinski definition) is 18. The van der Waals surface area contributed by atoms with E-state index in [-0.39, 0.29) is 45.8 Å². The Bertz CT molecular complexity index is 2110. The number of fused-ring (bicyclic) bond motifs is 1. The number of phenolic OH excluding ortho intramolecular Hbond substituents is 4. The number of rotatable bonds is 10. The Morgan fingerprint density at radius 2 is 1.03 bits per heavy atom. The zero-order valence-electron chi connectivity index (χ0n) is 30.2. The van der Waals surface area contributed by atoms with Crippen LogP contribution >= 0.6 is 0 Å². The van der Waals surface area contributed by atoms with Crippen LogP contribution < -0.4 is 18.9 Å². The molecule has 3 aliphatic heterocycles. The molecule has 0 saturated carbocycles. The van der Waals surface area contributed by atoms with Crippen molar-refractivity contribution in [3.8, 4) is 46.0 Å². The first-order valence-electron chi connectivity index (χ1n) is 18.0. The first-order chi connectivity index (χ1) is 27.7. The lowest BCUT2D eigenvalue weighted by atomic mass is 9.95. The molecule has 12 atom stereocenters. The third kappa shape index (κ3) is 8.43. The summed E-state index contributed by atoms with van der Waals surface area (Å²) in [6.07, 6.45) is -14.1. The Morgan fingerprint density at radius 3 is 1.64 bits per heavy atom. The van der Waals surface area contributed by atoms with Crippen LogP contribution in [0.3, 0.4) is 0 Å². The molecule has 0 spiro atoms. The van der Waals surface area contributed by atoms with Crippen molar-refractivity contribution in [3.05, 3.63) is 95.1 Å². The number of ether oxygens (including phenoxy) is 6. The van der Waals surface area contributed by atoms with E-state index in [9.17, 15) is 61.3 Å². The summed E-state index contributed by atoms with van der Waals surface area (Å²) in [5, 5.41) is 122. The molecule has 3 heterocycles. The average Bonchev–Trinajstić information content (AvgIpc) is 3.20. The average molecular weight is 811 g/mol. The standard InChI is InChI=1S/C40H42O18/c41-15-29-31(47)33(49)35(51)39(57-29)53-23-8-18(7-21(43)13-23)2-1-17-3-6-27-28(9-17)56-37(19-4-5-25(45)26(46)12-19)38(55-27)20-10-22(44)14-24(11-20)54-40-36(52)34(50)32(48)30(16-42)58-40/h1-14,29-52H,15-16H2/t29-,30-,31-,32-,33+,34+,35-,36-,37-,38-,39-,40-/m1/s1. The van der Waals surface area contributed by atoms with Gasteiger partial charge in [-0.1, -0.05) is 24.3 Å². The number of phenols is 4. The molecule has 12 N–H and O–H groups in total. The minimum absolute atomic E-state index is 0.0461. The van der Waals surface area contributed by atoms with E-state index in [1.165, 1.54) is 54.6 Å². The summed E-state index contributed by atoms with van der Waals surface area (Å²) in [6, 6.07) is 17.2. The Kier molecular flexibility index (Phi) is 11.8. The van der Waals surface area contributed by atoms with Gasteiger partial charge in [-0.15, -0.1) is 0 Å². The molecule has 0 aromatic heterocycles. The van der Waals surface area contributed by atoms with Gasteiger partial charge in [0.2, 0.25) is 12.6 Å². The largest absolute Gasteiger partial charge is 0.508 e. The van der Waals surface area contributed by atoms with Crippen LogP contribution in [0.4, 0.5) is 0 Å². The van der Waals surface area contributed by atoms with E-state index in [1.807, 2.05) is 0 Å². The van der Waals surface area contributed by atoms with Crippen LogP contribution in [0.15, 0.2) is 72.8 Å². The molecule has 2 fully saturated rings. The summed E-state index contributed by atoms with van der Waals surface area (Å²) in [5.41, 5.74) is 1.69. The summed E-state index contributed by atoms with van der Waals surface area (Å²) in [6.45, 7) is -1.32. The monoisotopic (exact) mass is 810 g/mol. The smallest absolute Gasteiger partial charge is 0.229 e. The van der Waals surface area contributed by atoms with E-state index >= 15 is 0 Å². The summed E-state index contributed by atoms with van der Waals surface area (Å²) in [7, 11) is 0. The van der Waals surface area contributed by atoms with Gasteiger partial charge in [-0.3, -0.25) is 0 Å². The highest BCUT2D eigenvalue weighted by Crippen LogP contribution is 2.48. The zero-order chi connectivity index (χ0) is 41.4. The van der Waals surface area contributed by atoms with Crippen molar-refractivity contribution in [2.24, 2.45) is 0 Å². The molecule has 18 nitrogen and oxygen atoms in total. The SMILES string of the molecule is OC[C@H]1O[C@@H](Oc2cc(O)cc(C=Cc3ccc4c(c3)O[C@H](c3ccc(O)c(O)c3)[C@@H](c3cc(O)cc(O[C@@H]5O[C@H](CO)[C@@H](O)[C@H](O)[C@H]5O)c3)O4)c2)[C@H](O)[C@@H](O)[C@@H]1O. The lowest BCUT2D eigenvalue weighted by Crippen LogP contribution is -2.60. The summed E-state index contributed by atoms with van der Waals surface area (Å²) in [5.74, 6) is -0.792. The topological polar surface area (TPSA) is 298 Å². The molecule has 0 unspecified atom stereocenters. The number of aliphatic hydroxyl groups is 8. The van der Waals surface area contributed by atoms with Gasteiger partial charge in [-0.2, -0.15) is 0 Å². The molecule has 3 aliphatic rings. The van der Waals surface area contributed by atoms with Crippen LogP contribution in [0.2, 0.25) is 0 Å². The van der Waals surface area contributed by atoms with E-state index in [4.69, 9.17) is 28.4 Å². The van der Waals surface area contributed by atoms with Crippen molar-refractivity contribution in [3.63, 3.8) is 0 Å². The van der Waals surface area contributed by atoms with Crippen LogP contribution in [0.5, 0.6) is 46.0 Å². The zero-order valence-corrected chi connectivity index (χ0v) is 30.2. The normalized spacial score (nSPS) is 30.9. The van der Waals surface area contributed by atoms with Gasteiger partial charge in [0.05, 0.1) is 13.2 Å². The maximum absolute atomic E-state index is 10.7. The van der Waals surface area contributed by atoms with Crippen molar-refractivity contribution >= 4 is 12.2 Å². The van der Waals surface area contributed by atoms with E-state index in [0.29, 0.717) is 16.7 Å². The molecule has 18 heteroatoms. The van der Waals surface area contributed by atoms with Gasteiger partial charge < -0.3 is 89.7 Å². The Labute approximate surface area is 329 Å². The lowest BCUT2D eigenvalue weighted by Gasteiger charge is -2.39. The quantitative estimate of drug-likeness (QED) is 0.0757. The first-order valence-corrected chi connectivity index (χ1v) is 18.0. The molecular weight excluding hydrogens is 768 g/mol. The van der Waals surface area contributed by atoms with Crippen LogP contribution in [0, 0.1) is 0 Å². The van der Waals surface area contributed by atoms with Crippen LogP contribution in [-0.4, -0.2) is 136 Å². The number of benzene rings is 4. The predicted molar refractivity (Wildman–Crippen MR) is 197 cm³/mol. The third-order valence-electron chi connectivity index (χ3n) is 9.90. The van der Waals surface area contributed by atoms with Crippen molar-refractivity contribution < 1.29 is 89.7 Å². The van der Waals surface area contributed by atoms with Gasteiger partial charge >= 0.3 is 0 Å². The predicted octanol–water partition coefficient (Wildman–Crippen LogP) is 0.291. The second-order valence-electron chi connectivity index (χ2n) is 14.0. The van der Waals surface area contributed by atoms with E-state index < -0.39 is 92.6 Å². The van der Waals surface area contributed by atoms with Crippen molar-refractivity contribution in [2.45, 2.75) is 73.6 Å². The molecule has 2 saturated heterocycles. The molecule has 0 bridgehead atoms. The fraction of sp³-hybridized carbons (Fsp3) is 0.350. The minimum Gasteiger partial charge on any atom is -0.508 e. The first kappa shape index (κ1) is 40.8. The number of aliphatic hydroxyl groups excluding tert-OH is 8. The van der Waals surface area contributed by atoms with E-state index in [0.717, 1.165) is 0 Å². The van der Waals surface area contributed by atoms with Gasteiger partial charge in [-0.25, -0.2) is 0 Å². The van der Waals surface area contributed by atoms with E-state index in [1.54, 1.807) is 30.4 Å². The molecular formula is C40H42O18. The Morgan fingerprint density at radius 1 is 0.483 bits per heavy atom.